The summed E-state index contributed by atoms with van der Waals surface area (Å²) in [6.07, 6.45) is -5.07. The van der Waals surface area contributed by atoms with Crippen LogP contribution < -0.4 is 0 Å². The Bertz CT molecular complexity index is 149. The topological polar surface area (TPSA) is 57.5 Å². The Balaban J connectivity index is 0. The molecule has 0 saturated heterocycles. The third-order valence-corrected chi connectivity index (χ3v) is 0.870. The van der Waals surface area contributed by atoms with Crippen molar-refractivity contribution in [2.45, 2.75) is 13.1 Å². The first-order valence-electron chi connectivity index (χ1n) is 2.83. The van der Waals surface area contributed by atoms with E-state index in [1.165, 1.54) is 0 Å². The summed E-state index contributed by atoms with van der Waals surface area (Å²) in [6.45, 7) is 4.07. The predicted molar refractivity (Wildman–Crippen MR) is 36.1 cm³/mol. The van der Waals surface area contributed by atoms with Crippen molar-refractivity contribution in [1.29, 1.82) is 0 Å². The normalized spacial score (nSPS) is 12.3. The number of rotatable bonds is 1. The van der Waals surface area contributed by atoms with E-state index in [1.807, 2.05) is 0 Å². The maximum Gasteiger partial charge on any atom is 0.503 e. The van der Waals surface area contributed by atoms with E-state index < -0.39 is 18.2 Å². The second-order valence-corrected chi connectivity index (χ2v) is 1.85. The number of carbonyl (C=O) groups is 1. The van der Waals surface area contributed by atoms with Gasteiger partial charge in [0.05, 0.1) is 5.92 Å². The molecule has 0 aromatic carbocycles. The maximum atomic E-state index is 11.4. The molecule has 0 aliphatic heterocycles. The zero-order valence-corrected chi connectivity index (χ0v) is 6.30. The molecule has 3 nitrogen and oxygen atoms in total. The maximum absolute atomic E-state index is 11.4. The highest BCUT2D eigenvalue weighted by molar-refractivity contribution is 5.53. The molecule has 0 fully saturated rings. The van der Waals surface area contributed by atoms with E-state index in [0.29, 0.717) is 0 Å². The monoisotopic (exact) mass is 186 g/mol. The van der Waals surface area contributed by atoms with E-state index in [9.17, 15) is 13.2 Å². The van der Waals surface area contributed by atoms with Gasteiger partial charge >= 0.3 is 12.3 Å². The van der Waals surface area contributed by atoms with Gasteiger partial charge in [-0.3, -0.25) is 0 Å². The molecule has 0 radical (unpaired) electrons. The van der Waals surface area contributed by atoms with E-state index >= 15 is 0 Å². The smallest absolute Gasteiger partial charge is 0.450 e. The fourth-order valence-corrected chi connectivity index (χ4v) is 0.134. The Kier molecular flexibility index (Phi) is 6.08. The van der Waals surface area contributed by atoms with E-state index in [1.54, 1.807) is 0 Å². The Morgan fingerprint density at radius 1 is 1.50 bits per heavy atom. The summed E-state index contributed by atoms with van der Waals surface area (Å²) < 4.78 is 34.1. The van der Waals surface area contributed by atoms with Crippen molar-refractivity contribution in [3.63, 3.8) is 0 Å². The second-order valence-electron chi connectivity index (χ2n) is 1.85. The zero-order valence-electron chi connectivity index (χ0n) is 6.30. The van der Waals surface area contributed by atoms with Crippen LogP contribution in [0.5, 0.6) is 0 Å². The summed E-state index contributed by atoms with van der Waals surface area (Å²) in [5, 5.41) is 13.9. The van der Waals surface area contributed by atoms with Gasteiger partial charge in [-0.15, -0.1) is 6.58 Å². The first kappa shape index (κ1) is 13.4. The summed E-state index contributed by atoms with van der Waals surface area (Å²) in [7, 11) is 0. The Hall–Kier alpha value is -1.20. The lowest BCUT2D eigenvalue weighted by atomic mass is 10.2. The molecule has 12 heavy (non-hydrogen) atoms. The average molecular weight is 186 g/mol. The van der Waals surface area contributed by atoms with Crippen LogP contribution in [0.3, 0.4) is 0 Å². The number of carboxylic acid groups (broad SMARTS) is 2. The molecular formula is C6H9F3O3. The van der Waals surface area contributed by atoms with Crippen LogP contribution in [0.25, 0.3) is 0 Å². The largest absolute Gasteiger partial charge is 0.503 e. The van der Waals surface area contributed by atoms with Crippen LogP contribution in [0, 0.1) is 5.92 Å². The van der Waals surface area contributed by atoms with Gasteiger partial charge in [0, 0.05) is 0 Å². The highest BCUT2D eigenvalue weighted by Crippen LogP contribution is 2.25. The standard InChI is InChI=1S/C5H7F3.CH2O3/c1-3-4(2)5(6,7)8;2-1(3)4/h3-4H,1H2,2H3;(H2,2,3,4). The number of hydrogen-bond acceptors (Lipinski definition) is 1. The molecule has 0 spiro atoms. The summed E-state index contributed by atoms with van der Waals surface area (Å²) in [4.78, 5) is 8.56. The quantitative estimate of drug-likeness (QED) is 0.618. The fraction of sp³-hybridized carbons (Fsp3) is 0.500. The molecule has 2 N–H and O–H groups in total. The van der Waals surface area contributed by atoms with Crippen molar-refractivity contribution in [2.75, 3.05) is 0 Å². The van der Waals surface area contributed by atoms with E-state index in [2.05, 4.69) is 6.58 Å². The molecule has 0 aromatic heterocycles. The van der Waals surface area contributed by atoms with Gasteiger partial charge in [0.1, 0.15) is 0 Å². The molecule has 0 heterocycles. The van der Waals surface area contributed by atoms with Crippen LogP contribution in [-0.2, 0) is 0 Å². The molecule has 1 atom stereocenters. The predicted octanol–water partition coefficient (Wildman–Crippen LogP) is 2.59. The van der Waals surface area contributed by atoms with Gasteiger partial charge in [0.2, 0.25) is 0 Å². The lowest BCUT2D eigenvalue weighted by molar-refractivity contribution is -0.156. The minimum atomic E-state index is -4.11. The SMILES string of the molecule is C=CC(C)C(F)(F)F.O=C(O)O. The molecule has 72 valence electrons. The molecular weight excluding hydrogens is 177 g/mol. The molecule has 0 rings (SSSR count). The Morgan fingerprint density at radius 3 is 1.75 bits per heavy atom. The third kappa shape index (κ3) is 11.6. The Labute approximate surface area is 67.1 Å². The molecule has 0 saturated carbocycles. The highest BCUT2D eigenvalue weighted by Gasteiger charge is 2.33. The van der Waals surface area contributed by atoms with Crippen LogP contribution in [0.1, 0.15) is 6.92 Å². The van der Waals surface area contributed by atoms with Crippen molar-refractivity contribution in [1.82, 2.24) is 0 Å². The number of allylic oxidation sites excluding steroid dienone is 1. The van der Waals surface area contributed by atoms with Crippen molar-refractivity contribution < 1.29 is 28.2 Å². The van der Waals surface area contributed by atoms with E-state index in [4.69, 9.17) is 15.0 Å². The Morgan fingerprint density at radius 2 is 1.75 bits per heavy atom. The van der Waals surface area contributed by atoms with Gasteiger partial charge in [0.25, 0.3) is 0 Å². The van der Waals surface area contributed by atoms with Gasteiger partial charge in [-0.2, -0.15) is 13.2 Å². The summed E-state index contributed by atoms with van der Waals surface area (Å²) in [5.74, 6) is -1.39. The van der Waals surface area contributed by atoms with Crippen LogP contribution in [0.4, 0.5) is 18.0 Å². The molecule has 0 aromatic rings. The van der Waals surface area contributed by atoms with E-state index in [0.717, 1.165) is 13.0 Å². The molecule has 0 aliphatic carbocycles. The average Bonchev–Trinajstić information content (AvgIpc) is 1.82. The van der Waals surface area contributed by atoms with Gasteiger partial charge in [-0.25, -0.2) is 4.79 Å². The summed E-state index contributed by atoms with van der Waals surface area (Å²) in [5.41, 5.74) is 0. The van der Waals surface area contributed by atoms with Crippen LogP contribution in [0.15, 0.2) is 12.7 Å². The molecule has 0 aliphatic rings. The molecule has 0 bridgehead atoms. The van der Waals surface area contributed by atoms with Gasteiger partial charge < -0.3 is 10.2 Å². The highest BCUT2D eigenvalue weighted by atomic mass is 19.4. The van der Waals surface area contributed by atoms with Crippen molar-refractivity contribution in [3.8, 4) is 0 Å². The second kappa shape index (κ2) is 5.45. The minimum Gasteiger partial charge on any atom is -0.450 e. The fourth-order valence-electron chi connectivity index (χ4n) is 0.134. The lowest BCUT2D eigenvalue weighted by Crippen LogP contribution is -2.16. The van der Waals surface area contributed by atoms with E-state index in [-0.39, 0.29) is 0 Å². The summed E-state index contributed by atoms with van der Waals surface area (Å²) in [6, 6.07) is 0. The van der Waals surface area contributed by atoms with Gasteiger partial charge in [0.15, 0.2) is 0 Å². The number of halogens is 3. The first-order chi connectivity index (χ1) is 5.21. The van der Waals surface area contributed by atoms with Crippen molar-refractivity contribution >= 4 is 6.16 Å². The zero-order chi connectivity index (χ0) is 10.4. The third-order valence-electron chi connectivity index (χ3n) is 0.870. The van der Waals surface area contributed by atoms with Crippen molar-refractivity contribution in [2.24, 2.45) is 5.92 Å². The first-order valence-corrected chi connectivity index (χ1v) is 2.83. The number of alkyl halides is 3. The number of hydrogen-bond donors (Lipinski definition) is 2. The molecule has 6 heteroatoms. The van der Waals surface area contributed by atoms with Gasteiger partial charge in [-0.1, -0.05) is 13.0 Å². The van der Waals surface area contributed by atoms with Crippen molar-refractivity contribution in [3.05, 3.63) is 12.7 Å². The molecule has 0 amide bonds. The minimum absolute atomic E-state index is 0.875. The van der Waals surface area contributed by atoms with Crippen LogP contribution in [-0.4, -0.2) is 22.5 Å². The van der Waals surface area contributed by atoms with Crippen LogP contribution >= 0.6 is 0 Å². The summed E-state index contributed by atoms with van der Waals surface area (Å²) >= 11 is 0. The van der Waals surface area contributed by atoms with Crippen LogP contribution in [0.2, 0.25) is 0 Å². The lowest BCUT2D eigenvalue weighted by Gasteiger charge is -2.08. The van der Waals surface area contributed by atoms with Gasteiger partial charge in [-0.05, 0) is 0 Å². The molecule has 1 unspecified atom stereocenters.